The molecule has 0 saturated carbocycles. The summed E-state index contributed by atoms with van der Waals surface area (Å²) in [5.41, 5.74) is 1.50. The highest BCUT2D eigenvalue weighted by Gasteiger charge is 2.17. The van der Waals surface area contributed by atoms with Crippen LogP contribution in [0.5, 0.6) is 5.75 Å². The van der Waals surface area contributed by atoms with Crippen LogP contribution in [0.1, 0.15) is 24.2 Å². The molecular weight excluding hydrogens is 320 g/mol. The lowest BCUT2D eigenvalue weighted by Gasteiger charge is -2.21. The molecule has 0 spiro atoms. The summed E-state index contributed by atoms with van der Waals surface area (Å²) in [5.74, 6) is -0.239. The van der Waals surface area contributed by atoms with Crippen molar-refractivity contribution in [2.24, 2.45) is 0 Å². The van der Waals surface area contributed by atoms with Gasteiger partial charge in [-0.3, -0.25) is 14.4 Å². The molecule has 25 heavy (non-hydrogen) atoms. The summed E-state index contributed by atoms with van der Waals surface area (Å²) in [4.78, 5) is 37.2. The van der Waals surface area contributed by atoms with Crippen LogP contribution in [0, 0.1) is 0 Å². The summed E-state index contributed by atoms with van der Waals surface area (Å²) in [7, 11) is 1.51. The monoisotopic (exact) mass is 340 g/mol. The second-order valence-electron chi connectivity index (χ2n) is 5.46. The number of amides is 2. The van der Waals surface area contributed by atoms with Crippen molar-refractivity contribution in [1.29, 1.82) is 0 Å². The summed E-state index contributed by atoms with van der Waals surface area (Å²) < 4.78 is 5.19. The second kappa shape index (κ2) is 8.10. The lowest BCUT2D eigenvalue weighted by molar-refractivity contribution is -0.120. The maximum absolute atomic E-state index is 12.4. The van der Waals surface area contributed by atoms with E-state index in [2.05, 4.69) is 5.32 Å². The number of benzene rings is 2. The van der Waals surface area contributed by atoms with Gasteiger partial charge in [-0.1, -0.05) is 24.3 Å². The molecule has 0 radical (unpaired) electrons. The van der Waals surface area contributed by atoms with Crippen molar-refractivity contribution < 1.29 is 19.1 Å². The largest absolute Gasteiger partial charge is 0.495 e. The fourth-order valence-corrected chi connectivity index (χ4v) is 2.36. The number of para-hydroxylation sites is 2. The Bertz CT molecular complexity index is 802. The van der Waals surface area contributed by atoms with Crippen LogP contribution >= 0.6 is 0 Å². The number of carbonyl (C=O) groups excluding carboxylic acids is 3. The molecular formula is C19H20N2O4. The molecule has 2 amide bonds. The number of Topliss-reactive ketones (excluding diaryl/α,β-unsaturated/α-hetero) is 1. The number of ether oxygens (including phenoxy) is 1. The third-order valence-corrected chi connectivity index (χ3v) is 3.63. The van der Waals surface area contributed by atoms with E-state index in [-0.39, 0.29) is 24.1 Å². The highest BCUT2D eigenvalue weighted by Crippen LogP contribution is 2.23. The average molecular weight is 340 g/mol. The molecule has 2 rings (SSSR count). The van der Waals surface area contributed by atoms with Gasteiger partial charge in [0.05, 0.1) is 12.8 Å². The number of nitrogens with zero attached hydrogens (tertiary/aromatic N) is 1. The number of rotatable bonds is 6. The minimum absolute atomic E-state index is 0.108. The van der Waals surface area contributed by atoms with Crippen molar-refractivity contribution in [1.82, 2.24) is 0 Å². The Morgan fingerprint density at radius 3 is 2.40 bits per heavy atom. The highest BCUT2D eigenvalue weighted by atomic mass is 16.5. The highest BCUT2D eigenvalue weighted by molar-refractivity contribution is 6.03. The first-order valence-corrected chi connectivity index (χ1v) is 7.74. The Labute approximate surface area is 146 Å². The molecule has 0 unspecified atom stereocenters. The summed E-state index contributed by atoms with van der Waals surface area (Å²) in [6, 6.07) is 13.6. The van der Waals surface area contributed by atoms with Crippen LogP contribution in [-0.4, -0.2) is 31.3 Å². The molecule has 0 bridgehead atoms. The van der Waals surface area contributed by atoms with Gasteiger partial charge in [-0.2, -0.15) is 0 Å². The molecule has 0 saturated heterocycles. The zero-order valence-corrected chi connectivity index (χ0v) is 14.4. The Balaban J connectivity index is 2.19. The number of ketones is 1. The number of hydrogen-bond donors (Lipinski definition) is 1. The fourth-order valence-electron chi connectivity index (χ4n) is 2.36. The predicted octanol–water partition coefficient (Wildman–Crippen LogP) is 2.89. The molecule has 0 aliphatic carbocycles. The van der Waals surface area contributed by atoms with Gasteiger partial charge in [-0.15, -0.1) is 0 Å². The van der Waals surface area contributed by atoms with Gasteiger partial charge in [0.1, 0.15) is 12.3 Å². The number of carbonyl (C=O) groups is 3. The fraction of sp³-hybridized carbons (Fsp3) is 0.211. The van der Waals surface area contributed by atoms with Crippen molar-refractivity contribution >= 4 is 29.0 Å². The average Bonchev–Trinajstić information content (AvgIpc) is 2.60. The summed E-state index contributed by atoms with van der Waals surface area (Å²) in [6.07, 6.45) is 0. The van der Waals surface area contributed by atoms with E-state index in [4.69, 9.17) is 4.74 Å². The smallest absolute Gasteiger partial charge is 0.244 e. The van der Waals surface area contributed by atoms with Crippen molar-refractivity contribution in [2.75, 3.05) is 23.9 Å². The maximum atomic E-state index is 12.4. The Morgan fingerprint density at radius 2 is 1.76 bits per heavy atom. The quantitative estimate of drug-likeness (QED) is 0.821. The molecule has 0 fully saturated rings. The van der Waals surface area contributed by atoms with Crippen molar-refractivity contribution in [3.8, 4) is 5.75 Å². The van der Waals surface area contributed by atoms with Crippen LogP contribution in [0.4, 0.5) is 11.4 Å². The molecule has 0 aromatic heterocycles. The SMILES string of the molecule is COc1ccccc1NC(=O)CN(C(C)=O)c1cccc(C(C)=O)c1. The molecule has 6 heteroatoms. The first-order valence-electron chi connectivity index (χ1n) is 7.74. The van der Waals surface area contributed by atoms with Gasteiger partial charge in [0.15, 0.2) is 5.78 Å². The molecule has 0 aliphatic heterocycles. The van der Waals surface area contributed by atoms with Gasteiger partial charge in [0, 0.05) is 18.2 Å². The molecule has 0 aliphatic rings. The zero-order chi connectivity index (χ0) is 18.4. The molecule has 0 atom stereocenters. The summed E-state index contributed by atoms with van der Waals surface area (Å²) in [6.45, 7) is 2.65. The zero-order valence-electron chi connectivity index (χ0n) is 14.4. The summed E-state index contributed by atoms with van der Waals surface area (Å²) in [5, 5.41) is 2.73. The Hall–Kier alpha value is -3.15. The van der Waals surface area contributed by atoms with Crippen molar-refractivity contribution in [3.63, 3.8) is 0 Å². The maximum Gasteiger partial charge on any atom is 0.244 e. The van der Waals surface area contributed by atoms with Crippen LogP contribution in [0.3, 0.4) is 0 Å². The van der Waals surface area contributed by atoms with E-state index in [0.717, 1.165) is 0 Å². The van der Waals surface area contributed by atoms with Gasteiger partial charge in [-0.05, 0) is 31.2 Å². The van der Waals surface area contributed by atoms with E-state index in [1.807, 2.05) is 0 Å². The lowest BCUT2D eigenvalue weighted by atomic mass is 10.1. The first-order chi connectivity index (χ1) is 11.9. The first kappa shape index (κ1) is 18.2. The topological polar surface area (TPSA) is 75.7 Å². The second-order valence-corrected chi connectivity index (χ2v) is 5.46. The normalized spacial score (nSPS) is 10.0. The van der Waals surface area contributed by atoms with Crippen LogP contribution < -0.4 is 15.0 Å². The van der Waals surface area contributed by atoms with E-state index >= 15 is 0 Å². The van der Waals surface area contributed by atoms with Gasteiger partial charge >= 0.3 is 0 Å². The van der Waals surface area contributed by atoms with Crippen LogP contribution in [-0.2, 0) is 9.59 Å². The number of nitrogens with one attached hydrogen (secondary N) is 1. The minimum atomic E-state index is -0.368. The lowest BCUT2D eigenvalue weighted by Crippen LogP contribution is -2.36. The molecule has 1 N–H and O–H groups in total. The van der Waals surface area contributed by atoms with E-state index in [1.54, 1.807) is 48.5 Å². The van der Waals surface area contributed by atoms with Gasteiger partial charge in [0.25, 0.3) is 0 Å². The molecule has 130 valence electrons. The van der Waals surface area contributed by atoms with E-state index < -0.39 is 0 Å². The van der Waals surface area contributed by atoms with E-state index in [9.17, 15) is 14.4 Å². The standard InChI is InChI=1S/C19H20N2O4/c1-13(22)15-7-6-8-16(11-15)21(14(2)23)12-19(24)20-17-9-4-5-10-18(17)25-3/h4-11H,12H2,1-3H3,(H,20,24). The van der Waals surface area contributed by atoms with E-state index in [0.29, 0.717) is 22.7 Å². The molecule has 0 heterocycles. The van der Waals surface area contributed by atoms with Gasteiger partial charge < -0.3 is 15.0 Å². The third-order valence-electron chi connectivity index (χ3n) is 3.63. The van der Waals surface area contributed by atoms with Crippen LogP contribution in [0.25, 0.3) is 0 Å². The molecule has 2 aromatic carbocycles. The minimum Gasteiger partial charge on any atom is -0.495 e. The number of hydrogen-bond acceptors (Lipinski definition) is 4. The van der Waals surface area contributed by atoms with Crippen molar-refractivity contribution in [3.05, 3.63) is 54.1 Å². The molecule has 2 aromatic rings. The molecule has 6 nitrogen and oxygen atoms in total. The van der Waals surface area contributed by atoms with Gasteiger partial charge in [0.2, 0.25) is 11.8 Å². The van der Waals surface area contributed by atoms with E-state index in [1.165, 1.54) is 25.9 Å². The number of methoxy groups -OCH3 is 1. The third kappa shape index (κ3) is 4.67. The van der Waals surface area contributed by atoms with Crippen molar-refractivity contribution in [2.45, 2.75) is 13.8 Å². The van der Waals surface area contributed by atoms with Gasteiger partial charge in [-0.25, -0.2) is 0 Å². The van der Waals surface area contributed by atoms with Crippen LogP contribution in [0.2, 0.25) is 0 Å². The summed E-state index contributed by atoms with van der Waals surface area (Å²) >= 11 is 0. The number of anilines is 2. The Kier molecular flexibility index (Phi) is 5.89. The predicted molar refractivity (Wildman–Crippen MR) is 96.1 cm³/mol. The van der Waals surface area contributed by atoms with Crippen LogP contribution in [0.15, 0.2) is 48.5 Å². The Morgan fingerprint density at radius 1 is 1.04 bits per heavy atom.